The van der Waals surface area contributed by atoms with Crippen molar-refractivity contribution in [2.24, 2.45) is 0 Å². The van der Waals surface area contributed by atoms with Gasteiger partial charge in [-0.2, -0.15) is 30.3 Å². The third kappa shape index (κ3) is 5.78. The van der Waals surface area contributed by atoms with E-state index in [1.165, 1.54) is 36.8 Å². The molecule has 0 aromatic heterocycles. The van der Waals surface area contributed by atoms with Gasteiger partial charge in [-0.05, 0) is 29.4 Å². The Hall–Kier alpha value is -0.430. The average Bonchev–Trinajstić information content (AvgIpc) is 2.62. The quantitative estimate of drug-likeness (QED) is 0.513. The van der Waals surface area contributed by atoms with E-state index < -0.39 is 8.80 Å². The molecule has 1 saturated heterocycles. The minimum atomic E-state index is -0.412. The van der Waals surface area contributed by atoms with Gasteiger partial charge in [0.25, 0.3) is 0 Å². The van der Waals surface area contributed by atoms with Gasteiger partial charge in [-0.15, -0.1) is 5.56 Å². The van der Waals surface area contributed by atoms with Crippen LogP contribution in [0.25, 0.3) is 11.1 Å². The molecule has 1 heterocycles. The van der Waals surface area contributed by atoms with Crippen LogP contribution in [0.1, 0.15) is 45.1 Å². The van der Waals surface area contributed by atoms with Crippen LogP contribution in [0.15, 0.2) is 48.5 Å². The molecule has 0 unspecified atom stereocenters. The van der Waals surface area contributed by atoms with Crippen LogP contribution in [0.5, 0.6) is 0 Å². The molecule has 0 amide bonds. The Kier molecular flexibility index (Phi) is 9.64. The second-order valence-electron chi connectivity index (χ2n) is 7.51. The molecular formula is C22H29ClSiZn. The van der Waals surface area contributed by atoms with Gasteiger partial charge in [0.2, 0.25) is 0 Å². The van der Waals surface area contributed by atoms with Gasteiger partial charge in [0, 0.05) is 8.80 Å². The van der Waals surface area contributed by atoms with Crippen molar-refractivity contribution >= 4 is 8.80 Å². The van der Waals surface area contributed by atoms with Gasteiger partial charge in [0.05, 0.1) is 0 Å². The zero-order valence-corrected chi connectivity index (χ0v) is 20.6. The molecule has 0 aliphatic carbocycles. The van der Waals surface area contributed by atoms with Gasteiger partial charge in [0.15, 0.2) is 0 Å². The van der Waals surface area contributed by atoms with Gasteiger partial charge in [-0.3, -0.25) is 0 Å². The zero-order chi connectivity index (χ0) is 16.1. The maximum absolute atomic E-state index is 3.09. The largest absolute Gasteiger partial charge is 2.00 e. The standard InChI is InChI=1S/C22H29Si.ClH.Zn/c1-3-4-16-23-17-14-22(2,15-18-23)21-12-10-20(11-13-21)19-8-6-5-7-9-19;;/h6-13,23H,3-4,14-18H2,1-2H3;1H;/q-1;;+2/p-1. The van der Waals surface area contributed by atoms with Gasteiger partial charge < -0.3 is 12.4 Å². The number of hydrogen-bond donors (Lipinski definition) is 0. The average molecular weight is 422 g/mol. The summed E-state index contributed by atoms with van der Waals surface area (Å²) < 4.78 is 0. The first kappa shape index (κ1) is 22.6. The Morgan fingerprint density at radius 1 is 0.960 bits per heavy atom. The third-order valence-corrected chi connectivity index (χ3v) is 9.24. The molecule has 0 saturated carbocycles. The van der Waals surface area contributed by atoms with Crippen LogP contribution in [0, 0.1) is 6.07 Å². The Bertz CT molecular complexity index is 604. The summed E-state index contributed by atoms with van der Waals surface area (Å²) in [6.45, 7) is 4.82. The van der Waals surface area contributed by atoms with Crippen LogP contribution in [0.4, 0.5) is 0 Å². The van der Waals surface area contributed by atoms with Crippen LogP contribution in [-0.4, -0.2) is 8.80 Å². The minimum absolute atomic E-state index is 0. The van der Waals surface area contributed by atoms with Gasteiger partial charge in [0.1, 0.15) is 0 Å². The fourth-order valence-corrected chi connectivity index (χ4v) is 7.97. The van der Waals surface area contributed by atoms with Crippen LogP contribution in [-0.2, 0) is 24.9 Å². The molecule has 0 N–H and O–H groups in total. The van der Waals surface area contributed by atoms with Crippen molar-refractivity contribution in [3.8, 4) is 11.1 Å². The molecule has 0 bridgehead atoms. The van der Waals surface area contributed by atoms with E-state index in [1.54, 1.807) is 23.7 Å². The second-order valence-corrected chi connectivity index (χ2v) is 11.0. The Balaban J connectivity index is 0.00000156. The molecule has 1 fully saturated rings. The molecule has 0 atom stereocenters. The molecule has 0 nitrogen and oxygen atoms in total. The van der Waals surface area contributed by atoms with E-state index in [4.69, 9.17) is 0 Å². The van der Waals surface area contributed by atoms with E-state index in [0.717, 1.165) is 0 Å². The summed E-state index contributed by atoms with van der Waals surface area (Å²) in [7, 11) is -0.412. The molecule has 1 aliphatic rings. The third-order valence-electron chi connectivity index (χ3n) is 5.81. The van der Waals surface area contributed by atoms with E-state index in [2.05, 4.69) is 56.3 Å². The number of hydrogen-bond acceptors (Lipinski definition) is 0. The number of unbranched alkanes of at least 4 members (excludes halogenated alkanes) is 1. The first-order chi connectivity index (χ1) is 11.2. The van der Waals surface area contributed by atoms with Gasteiger partial charge >= 0.3 is 19.5 Å². The van der Waals surface area contributed by atoms with Crippen molar-refractivity contribution in [1.82, 2.24) is 0 Å². The van der Waals surface area contributed by atoms with Crippen molar-refractivity contribution in [2.75, 3.05) is 0 Å². The minimum Gasteiger partial charge on any atom is -1.00 e. The van der Waals surface area contributed by atoms with Crippen molar-refractivity contribution < 1.29 is 31.9 Å². The van der Waals surface area contributed by atoms with E-state index >= 15 is 0 Å². The van der Waals surface area contributed by atoms with Crippen molar-refractivity contribution in [3.63, 3.8) is 0 Å². The predicted octanol–water partition coefficient (Wildman–Crippen LogP) is 3.23. The van der Waals surface area contributed by atoms with Crippen molar-refractivity contribution in [2.45, 2.75) is 63.1 Å². The van der Waals surface area contributed by atoms with Gasteiger partial charge in [-0.25, -0.2) is 0 Å². The Labute approximate surface area is 174 Å². The second kappa shape index (κ2) is 10.7. The molecule has 25 heavy (non-hydrogen) atoms. The fourth-order valence-electron chi connectivity index (χ4n) is 4.03. The van der Waals surface area contributed by atoms with E-state index in [-0.39, 0.29) is 31.9 Å². The summed E-state index contributed by atoms with van der Waals surface area (Å²) >= 11 is 0. The molecule has 3 heteroatoms. The molecule has 1 aliphatic heterocycles. The summed E-state index contributed by atoms with van der Waals surface area (Å²) in [5.74, 6) is 0. The van der Waals surface area contributed by atoms with E-state index in [0.29, 0.717) is 5.41 Å². The Morgan fingerprint density at radius 2 is 1.52 bits per heavy atom. The SMILES string of the molecule is CCCC[SiH]1CCC(C)(c2ccc(-c3cc[c-]cc3)cc2)CC1.[Cl-].[Zn+2]. The zero-order valence-electron chi connectivity index (χ0n) is 15.7. The van der Waals surface area contributed by atoms with Crippen molar-refractivity contribution in [1.29, 1.82) is 0 Å². The molecule has 130 valence electrons. The maximum atomic E-state index is 3.09. The maximum Gasteiger partial charge on any atom is 2.00 e. The molecule has 0 radical (unpaired) electrons. The summed E-state index contributed by atoms with van der Waals surface area (Å²) in [4.78, 5) is 0. The summed E-state index contributed by atoms with van der Waals surface area (Å²) in [5, 5.41) is 0. The number of benzene rings is 2. The Morgan fingerprint density at radius 3 is 2.08 bits per heavy atom. The van der Waals surface area contributed by atoms with Crippen LogP contribution in [0.2, 0.25) is 18.1 Å². The summed E-state index contributed by atoms with van der Waals surface area (Å²) in [6, 6.07) is 25.4. The molecule has 2 aromatic carbocycles. The van der Waals surface area contributed by atoms with E-state index in [1.807, 2.05) is 12.1 Å². The fraction of sp³-hybridized carbons (Fsp3) is 0.455. The molecule has 3 rings (SSSR count). The number of halogens is 1. The van der Waals surface area contributed by atoms with Gasteiger partial charge in [-0.1, -0.05) is 69.1 Å². The monoisotopic (exact) mass is 420 g/mol. The topological polar surface area (TPSA) is 0 Å². The first-order valence-corrected chi connectivity index (χ1v) is 11.7. The predicted molar refractivity (Wildman–Crippen MR) is 104 cm³/mol. The van der Waals surface area contributed by atoms with Crippen LogP contribution < -0.4 is 12.4 Å². The number of rotatable bonds is 5. The molecule has 0 spiro atoms. The van der Waals surface area contributed by atoms with Crippen LogP contribution in [0.3, 0.4) is 0 Å². The molecule has 2 aromatic rings. The van der Waals surface area contributed by atoms with E-state index in [9.17, 15) is 0 Å². The summed E-state index contributed by atoms with van der Waals surface area (Å²) in [5.41, 5.74) is 4.57. The summed E-state index contributed by atoms with van der Waals surface area (Å²) in [6.07, 6.45) is 5.66. The van der Waals surface area contributed by atoms with Crippen molar-refractivity contribution in [3.05, 3.63) is 60.2 Å². The smallest absolute Gasteiger partial charge is 1.00 e. The first-order valence-electron chi connectivity index (χ1n) is 9.28. The van der Waals surface area contributed by atoms with Crippen LogP contribution >= 0.6 is 0 Å². The normalized spacial score (nSPS) is 22.6. The molecular weight excluding hydrogens is 393 g/mol.